The minimum Gasteiger partial charge on any atom is -0.378 e. The lowest BCUT2D eigenvalue weighted by Crippen LogP contribution is -2.37. The summed E-state index contributed by atoms with van der Waals surface area (Å²) in [5, 5.41) is 0. The van der Waals surface area contributed by atoms with E-state index in [1.54, 1.807) is 18.5 Å². The molecular formula is C22H21FN6O. The zero-order valence-corrected chi connectivity index (χ0v) is 16.4. The van der Waals surface area contributed by atoms with Crippen LogP contribution in [0.2, 0.25) is 0 Å². The highest BCUT2D eigenvalue weighted by Crippen LogP contribution is 2.19. The maximum Gasteiger partial charge on any atom is 0.145 e. The van der Waals surface area contributed by atoms with E-state index in [0.717, 1.165) is 35.8 Å². The molecule has 8 heteroatoms. The molecule has 0 spiro atoms. The molecular weight excluding hydrogens is 383 g/mol. The first-order valence-corrected chi connectivity index (χ1v) is 9.95. The van der Waals surface area contributed by atoms with Crippen molar-refractivity contribution in [3.63, 3.8) is 0 Å². The van der Waals surface area contributed by atoms with Crippen molar-refractivity contribution >= 4 is 11.5 Å². The number of halogens is 1. The summed E-state index contributed by atoms with van der Waals surface area (Å²) in [4.78, 5) is 20.1. The quantitative estimate of drug-likeness (QED) is 0.510. The van der Waals surface area contributed by atoms with Gasteiger partial charge >= 0.3 is 0 Å². The molecule has 1 fully saturated rings. The molecule has 1 aliphatic rings. The zero-order chi connectivity index (χ0) is 20.3. The molecule has 152 valence electrons. The third-order valence-corrected chi connectivity index (χ3v) is 5.15. The number of nitrogens with zero attached hydrogens (tertiary/aromatic N) is 6. The number of ether oxygens (including phenoxy) is 1. The largest absolute Gasteiger partial charge is 0.378 e. The number of morpholine rings is 1. The molecule has 0 saturated carbocycles. The predicted molar refractivity (Wildman–Crippen MR) is 110 cm³/mol. The highest BCUT2D eigenvalue weighted by molar-refractivity contribution is 5.45. The molecule has 0 radical (unpaired) electrons. The number of imidazole rings is 1. The molecule has 0 aliphatic carbocycles. The Morgan fingerprint density at radius 1 is 0.967 bits per heavy atom. The lowest BCUT2D eigenvalue weighted by Gasteiger charge is -2.28. The second kappa shape index (κ2) is 8.16. The summed E-state index contributed by atoms with van der Waals surface area (Å²) >= 11 is 0. The highest BCUT2D eigenvalue weighted by Gasteiger charge is 2.16. The molecule has 4 aromatic rings. The van der Waals surface area contributed by atoms with Crippen LogP contribution in [0.4, 0.5) is 10.2 Å². The average molecular weight is 404 g/mol. The van der Waals surface area contributed by atoms with Crippen molar-refractivity contribution < 1.29 is 9.13 Å². The number of fused-ring (bicyclic) bond motifs is 1. The molecule has 0 bridgehead atoms. The fourth-order valence-corrected chi connectivity index (χ4v) is 3.63. The van der Waals surface area contributed by atoms with E-state index in [1.807, 2.05) is 22.9 Å². The van der Waals surface area contributed by atoms with E-state index >= 15 is 0 Å². The summed E-state index contributed by atoms with van der Waals surface area (Å²) in [6, 6.07) is 9.12. The number of hydrogen-bond donors (Lipinski definition) is 0. The maximum atomic E-state index is 14.1. The molecule has 30 heavy (non-hydrogen) atoms. The Morgan fingerprint density at radius 3 is 2.73 bits per heavy atom. The molecule has 0 atom stereocenters. The van der Waals surface area contributed by atoms with Crippen molar-refractivity contribution in [1.82, 2.24) is 24.3 Å². The molecule has 0 aromatic carbocycles. The van der Waals surface area contributed by atoms with Crippen molar-refractivity contribution in [2.45, 2.75) is 12.8 Å². The summed E-state index contributed by atoms with van der Waals surface area (Å²) in [7, 11) is 0. The number of pyridine rings is 2. The van der Waals surface area contributed by atoms with Gasteiger partial charge in [-0.15, -0.1) is 0 Å². The van der Waals surface area contributed by atoms with Gasteiger partial charge in [-0.2, -0.15) is 0 Å². The van der Waals surface area contributed by atoms with Gasteiger partial charge in [0.15, 0.2) is 0 Å². The first-order chi connectivity index (χ1) is 14.7. The van der Waals surface area contributed by atoms with Crippen LogP contribution in [-0.4, -0.2) is 50.6 Å². The lowest BCUT2D eigenvalue weighted by molar-refractivity contribution is 0.122. The van der Waals surface area contributed by atoms with Gasteiger partial charge in [-0.25, -0.2) is 19.3 Å². The Balaban J connectivity index is 1.48. The Hall–Kier alpha value is -3.39. The first kappa shape index (κ1) is 18.6. The molecule has 1 aliphatic heterocycles. The summed E-state index contributed by atoms with van der Waals surface area (Å²) < 4.78 is 21.6. The molecule has 0 amide bonds. The van der Waals surface area contributed by atoms with Crippen LogP contribution < -0.4 is 4.90 Å². The maximum absolute atomic E-state index is 14.1. The molecule has 4 aromatic heterocycles. The van der Waals surface area contributed by atoms with Gasteiger partial charge in [0.2, 0.25) is 0 Å². The van der Waals surface area contributed by atoms with Crippen LogP contribution in [-0.2, 0) is 17.6 Å². The zero-order valence-electron chi connectivity index (χ0n) is 16.4. The van der Waals surface area contributed by atoms with Crippen LogP contribution in [0.5, 0.6) is 0 Å². The van der Waals surface area contributed by atoms with Crippen molar-refractivity contribution in [2.24, 2.45) is 0 Å². The van der Waals surface area contributed by atoms with E-state index in [2.05, 4.69) is 27.0 Å². The fraction of sp³-hybridized carbons (Fsp3) is 0.273. The van der Waals surface area contributed by atoms with E-state index in [4.69, 9.17) is 14.7 Å². The number of anilines is 1. The van der Waals surface area contributed by atoms with Crippen LogP contribution in [0.15, 0.2) is 55.1 Å². The van der Waals surface area contributed by atoms with E-state index in [0.29, 0.717) is 31.2 Å². The Kier molecular flexibility index (Phi) is 5.06. The number of aromatic nitrogens is 5. The highest BCUT2D eigenvalue weighted by atomic mass is 19.1. The van der Waals surface area contributed by atoms with Crippen molar-refractivity contribution in [2.75, 3.05) is 31.2 Å². The molecule has 5 rings (SSSR count). The Bertz CT molecular complexity index is 1170. The first-order valence-electron chi connectivity index (χ1n) is 9.95. The van der Waals surface area contributed by atoms with Crippen molar-refractivity contribution in [3.8, 4) is 0 Å². The van der Waals surface area contributed by atoms with Crippen LogP contribution in [0.1, 0.15) is 22.8 Å². The summed E-state index contributed by atoms with van der Waals surface area (Å²) in [5.74, 6) is 1.06. The molecule has 7 nitrogen and oxygen atoms in total. The van der Waals surface area contributed by atoms with E-state index in [9.17, 15) is 4.39 Å². The SMILES string of the molecule is Fc1cccnc1Cc1nc(Cc2ccn3ccnc3c2)cc(N2CCOCC2)n1. The third-order valence-electron chi connectivity index (χ3n) is 5.15. The smallest absolute Gasteiger partial charge is 0.145 e. The van der Waals surface area contributed by atoms with Gasteiger partial charge in [0, 0.05) is 50.4 Å². The predicted octanol–water partition coefficient (Wildman–Crippen LogP) is 2.68. The van der Waals surface area contributed by atoms with Crippen LogP contribution in [0.3, 0.4) is 0 Å². The third kappa shape index (κ3) is 3.99. The number of hydrogen-bond acceptors (Lipinski definition) is 6. The molecule has 0 unspecified atom stereocenters. The molecule has 1 saturated heterocycles. The van der Waals surface area contributed by atoms with Crippen LogP contribution in [0.25, 0.3) is 5.65 Å². The van der Waals surface area contributed by atoms with Gasteiger partial charge in [-0.05, 0) is 29.8 Å². The monoisotopic (exact) mass is 404 g/mol. The fourth-order valence-electron chi connectivity index (χ4n) is 3.63. The number of rotatable bonds is 5. The minimum atomic E-state index is -0.343. The Labute approximate surface area is 173 Å². The van der Waals surface area contributed by atoms with Gasteiger partial charge in [0.05, 0.1) is 31.0 Å². The van der Waals surface area contributed by atoms with E-state index in [1.165, 1.54) is 6.07 Å². The van der Waals surface area contributed by atoms with Gasteiger partial charge in [0.25, 0.3) is 0 Å². The lowest BCUT2D eigenvalue weighted by atomic mass is 10.1. The van der Waals surface area contributed by atoms with E-state index in [-0.39, 0.29) is 12.2 Å². The van der Waals surface area contributed by atoms with Gasteiger partial charge < -0.3 is 14.0 Å². The normalized spacial score (nSPS) is 14.4. The molecule has 5 heterocycles. The second-order valence-electron chi connectivity index (χ2n) is 7.25. The standard InChI is InChI=1S/C22H21FN6O/c23-18-2-1-4-24-19(18)15-20-26-17(14-22(27-20)29-8-10-30-11-9-29)12-16-3-6-28-7-5-25-21(28)13-16/h1-7,13-14H,8-12,15H2. The minimum absolute atomic E-state index is 0.247. The van der Waals surface area contributed by atoms with Crippen LogP contribution in [0, 0.1) is 5.82 Å². The van der Waals surface area contributed by atoms with Crippen LogP contribution >= 0.6 is 0 Å². The summed E-state index contributed by atoms with van der Waals surface area (Å²) in [6.07, 6.45) is 8.16. The summed E-state index contributed by atoms with van der Waals surface area (Å²) in [5.41, 5.74) is 3.23. The molecule has 0 N–H and O–H groups in total. The average Bonchev–Trinajstić information content (AvgIpc) is 3.24. The van der Waals surface area contributed by atoms with Gasteiger partial charge in [-0.1, -0.05) is 0 Å². The van der Waals surface area contributed by atoms with Crippen molar-refractivity contribution in [3.05, 3.63) is 83.7 Å². The van der Waals surface area contributed by atoms with Gasteiger partial charge in [0.1, 0.15) is 23.1 Å². The van der Waals surface area contributed by atoms with Gasteiger partial charge in [-0.3, -0.25) is 4.98 Å². The van der Waals surface area contributed by atoms with E-state index < -0.39 is 0 Å². The Morgan fingerprint density at radius 2 is 1.87 bits per heavy atom. The second-order valence-corrected chi connectivity index (χ2v) is 7.25. The summed E-state index contributed by atoms with van der Waals surface area (Å²) in [6.45, 7) is 2.88. The topological polar surface area (TPSA) is 68.4 Å². The van der Waals surface area contributed by atoms with Crippen molar-refractivity contribution in [1.29, 1.82) is 0 Å².